The maximum absolute atomic E-state index is 10.4. The lowest BCUT2D eigenvalue weighted by Crippen LogP contribution is -2.34. The number of nitrogens with two attached hydrogens (primary N) is 1. The second kappa shape index (κ2) is 6.53. The molecule has 0 fully saturated rings. The van der Waals surface area contributed by atoms with Crippen LogP contribution in [-0.4, -0.2) is 34.7 Å². The van der Waals surface area contributed by atoms with E-state index in [2.05, 4.69) is 0 Å². The molecule has 2 atom stereocenters. The van der Waals surface area contributed by atoms with Crippen molar-refractivity contribution in [2.45, 2.75) is 31.3 Å². The minimum atomic E-state index is -1.12. The average Bonchev–Trinajstić information content (AvgIpc) is 2.11. The zero-order valence-electron chi connectivity index (χ0n) is 7.14. The van der Waals surface area contributed by atoms with Crippen LogP contribution in [0.3, 0.4) is 0 Å². The summed E-state index contributed by atoms with van der Waals surface area (Å²) in [5.74, 6) is -1.12. The molecular formula is C7H14N2O4. The highest BCUT2D eigenvalue weighted by atomic mass is 16.5. The number of carboxylic acid groups (broad SMARTS) is 1. The number of rotatable bonds is 7. The fourth-order valence-corrected chi connectivity index (χ4v) is 0.869. The van der Waals surface area contributed by atoms with Crippen LogP contribution in [0.25, 0.3) is 0 Å². The van der Waals surface area contributed by atoms with E-state index < -0.39 is 18.1 Å². The molecule has 0 saturated carbocycles. The Bertz CT molecular complexity index is 174. The molecule has 1 unspecified atom stereocenters. The Morgan fingerprint density at radius 2 is 2.15 bits per heavy atom. The third-order valence-electron chi connectivity index (χ3n) is 1.66. The van der Waals surface area contributed by atoms with Gasteiger partial charge in [0.25, 0.3) is 0 Å². The predicted molar refractivity (Wildman–Crippen MR) is 44.2 cm³/mol. The molecule has 0 aliphatic heterocycles. The first kappa shape index (κ1) is 12.0. The maximum Gasteiger partial charge on any atom is 0.323 e. The molecule has 0 saturated heterocycles. The summed E-state index contributed by atoms with van der Waals surface area (Å²) in [7, 11) is 0. The molecule has 6 nitrogen and oxygen atoms in total. The Morgan fingerprint density at radius 1 is 1.54 bits per heavy atom. The van der Waals surface area contributed by atoms with E-state index in [4.69, 9.17) is 16.0 Å². The summed E-state index contributed by atoms with van der Waals surface area (Å²) in [6.45, 7) is 0. The van der Waals surface area contributed by atoms with Gasteiger partial charge in [-0.25, -0.2) is 0 Å². The number of carbonyl (C=O) groups excluding carboxylic acids is 1. The van der Waals surface area contributed by atoms with E-state index in [0.29, 0.717) is 19.1 Å². The van der Waals surface area contributed by atoms with Gasteiger partial charge in [-0.15, -0.1) is 0 Å². The van der Waals surface area contributed by atoms with Gasteiger partial charge in [0.05, 0.1) is 6.04 Å². The first-order valence-electron chi connectivity index (χ1n) is 3.95. The lowest BCUT2D eigenvalue weighted by Gasteiger charge is -2.09. The highest BCUT2D eigenvalue weighted by Crippen LogP contribution is 2.02. The van der Waals surface area contributed by atoms with Crippen molar-refractivity contribution >= 4 is 12.3 Å². The summed E-state index contributed by atoms with van der Waals surface area (Å²) in [5, 5.41) is 16.9. The van der Waals surface area contributed by atoms with Crippen molar-refractivity contribution in [3.05, 3.63) is 0 Å². The SMILES string of the molecule is NC(C=O)CCC[C@H](NO)C(=O)O. The fraction of sp³-hybridized carbons (Fsp3) is 0.714. The van der Waals surface area contributed by atoms with Crippen LogP contribution in [0.2, 0.25) is 0 Å². The lowest BCUT2D eigenvalue weighted by molar-refractivity contribution is -0.142. The Kier molecular flexibility index (Phi) is 6.03. The van der Waals surface area contributed by atoms with Gasteiger partial charge >= 0.3 is 5.97 Å². The molecule has 0 radical (unpaired) electrons. The van der Waals surface area contributed by atoms with E-state index in [9.17, 15) is 9.59 Å². The van der Waals surface area contributed by atoms with Crippen molar-refractivity contribution in [1.29, 1.82) is 0 Å². The lowest BCUT2D eigenvalue weighted by atomic mass is 10.1. The average molecular weight is 190 g/mol. The minimum absolute atomic E-state index is 0.243. The molecule has 0 aliphatic carbocycles. The fourth-order valence-electron chi connectivity index (χ4n) is 0.869. The molecule has 0 rings (SSSR count). The third kappa shape index (κ3) is 5.29. The topological polar surface area (TPSA) is 113 Å². The molecule has 76 valence electrons. The molecule has 0 spiro atoms. The van der Waals surface area contributed by atoms with Crippen LogP contribution in [0, 0.1) is 0 Å². The number of carbonyl (C=O) groups is 2. The van der Waals surface area contributed by atoms with Gasteiger partial charge in [0.2, 0.25) is 0 Å². The first-order chi connectivity index (χ1) is 6.11. The van der Waals surface area contributed by atoms with Crippen molar-refractivity contribution in [1.82, 2.24) is 5.48 Å². The number of aldehydes is 1. The molecule has 0 aromatic carbocycles. The van der Waals surface area contributed by atoms with E-state index in [1.54, 1.807) is 5.48 Å². The summed E-state index contributed by atoms with van der Waals surface area (Å²) in [5.41, 5.74) is 6.94. The number of hydrogen-bond acceptors (Lipinski definition) is 5. The second-order valence-electron chi connectivity index (χ2n) is 2.75. The predicted octanol–water partition coefficient (Wildman–Crippen LogP) is -0.885. The van der Waals surface area contributed by atoms with E-state index in [1.807, 2.05) is 0 Å². The van der Waals surface area contributed by atoms with Crippen molar-refractivity contribution in [2.24, 2.45) is 5.73 Å². The zero-order chi connectivity index (χ0) is 10.3. The molecule has 0 heterocycles. The first-order valence-corrected chi connectivity index (χ1v) is 3.95. The summed E-state index contributed by atoms with van der Waals surface area (Å²) >= 11 is 0. The smallest absolute Gasteiger partial charge is 0.323 e. The highest BCUT2D eigenvalue weighted by Gasteiger charge is 2.15. The van der Waals surface area contributed by atoms with Crippen LogP contribution in [0.1, 0.15) is 19.3 Å². The quantitative estimate of drug-likeness (QED) is 0.306. The molecule has 0 aromatic heterocycles. The molecule has 0 aromatic rings. The number of hydroxylamine groups is 1. The van der Waals surface area contributed by atoms with Gasteiger partial charge in [-0.1, -0.05) is 0 Å². The van der Waals surface area contributed by atoms with E-state index in [1.165, 1.54) is 0 Å². The van der Waals surface area contributed by atoms with Gasteiger partial charge in [-0.3, -0.25) is 4.79 Å². The highest BCUT2D eigenvalue weighted by molar-refractivity contribution is 5.73. The monoisotopic (exact) mass is 190 g/mol. The van der Waals surface area contributed by atoms with Gasteiger partial charge in [0.15, 0.2) is 0 Å². The normalized spacial score (nSPS) is 14.9. The molecule has 0 bridgehead atoms. The summed E-state index contributed by atoms with van der Waals surface area (Å²) < 4.78 is 0. The molecule has 5 N–H and O–H groups in total. The van der Waals surface area contributed by atoms with E-state index in [-0.39, 0.29) is 6.42 Å². The van der Waals surface area contributed by atoms with Crippen LogP contribution in [-0.2, 0) is 9.59 Å². The van der Waals surface area contributed by atoms with Gasteiger partial charge < -0.3 is 20.8 Å². The van der Waals surface area contributed by atoms with Gasteiger partial charge in [0, 0.05) is 0 Å². The summed E-state index contributed by atoms with van der Waals surface area (Å²) in [6, 6.07) is -1.54. The van der Waals surface area contributed by atoms with Crippen LogP contribution in [0.5, 0.6) is 0 Å². The van der Waals surface area contributed by atoms with Crippen molar-refractivity contribution in [3.63, 3.8) is 0 Å². The summed E-state index contributed by atoms with van der Waals surface area (Å²) in [6.07, 6.45) is 1.76. The largest absolute Gasteiger partial charge is 0.480 e. The Hall–Kier alpha value is -0.980. The van der Waals surface area contributed by atoms with Crippen molar-refractivity contribution < 1.29 is 19.9 Å². The van der Waals surface area contributed by atoms with E-state index in [0.717, 1.165) is 0 Å². The van der Waals surface area contributed by atoms with Gasteiger partial charge in [0.1, 0.15) is 12.3 Å². The van der Waals surface area contributed by atoms with Crippen LogP contribution >= 0.6 is 0 Å². The number of hydrogen-bond donors (Lipinski definition) is 4. The number of aliphatic carboxylic acids is 1. The van der Waals surface area contributed by atoms with Crippen LogP contribution < -0.4 is 11.2 Å². The summed E-state index contributed by atoms with van der Waals surface area (Å²) in [4.78, 5) is 20.4. The molecule has 0 aliphatic rings. The minimum Gasteiger partial charge on any atom is -0.480 e. The second-order valence-corrected chi connectivity index (χ2v) is 2.75. The Labute approximate surface area is 75.7 Å². The Morgan fingerprint density at radius 3 is 2.54 bits per heavy atom. The van der Waals surface area contributed by atoms with Crippen molar-refractivity contribution in [3.8, 4) is 0 Å². The number of carboxylic acids is 1. The van der Waals surface area contributed by atoms with Crippen LogP contribution in [0.15, 0.2) is 0 Å². The van der Waals surface area contributed by atoms with E-state index >= 15 is 0 Å². The molecule has 13 heavy (non-hydrogen) atoms. The van der Waals surface area contributed by atoms with Crippen LogP contribution in [0.4, 0.5) is 0 Å². The molecule has 6 heteroatoms. The third-order valence-corrected chi connectivity index (χ3v) is 1.66. The zero-order valence-corrected chi connectivity index (χ0v) is 7.14. The van der Waals surface area contributed by atoms with Gasteiger partial charge in [-0.2, -0.15) is 5.48 Å². The molecule has 0 amide bonds. The van der Waals surface area contributed by atoms with Crippen molar-refractivity contribution in [2.75, 3.05) is 0 Å². The van der Waals surface area contributed by atoms with Gasteiger partial charge in [-0.05, 0) is 19.3 Å². The standard InChI is InChI=1S/C7H14N2O4/c8-5(4-10)2-1-3-6(9-13)7(11)12/h4-6,9,13H,1-3,8H2,(H,11,12)/t5?,6-/m0/s1. The maximum atomic E-state index is 10.4. The molecular weight excluding hydrogens is 176 g/mol. The number of nitrogens with one attached hydrogen (secondary N) is 1. The Balaban J connectivity index is 3.61.